The second-order valence-electron chi connectivity index (χ2n) is 5.38. The zero-order valence-electron chi connectivity index (χ0n) is 12.0. The van der Waals surface area contributed by atoms with Crippen molar-refractivity contribution in [1.29, 1.82) is 0 Å². The van der Waals surface area contributed by atoms with Crippen molar-refractivity contribution in [2.45, 2.75) is 24.2 Å². The van der Waals surface area contributed by atoms with E-state index in [0.29, 0.717) is 17.2 Å². The van der Waals surface area contributed by atoms with E-state index in [1.165, 1.54) is 0 Å². The number of carbonyl (C=O) groups is 1. The van der Waals surface area contributed by atoms with Crippen molar-refractivity contribution in [2.75, 3.05) is 25.4 Å². The van der Waals surface area contributed by atoms with E-state index in [1.807, 2.05) is 0 Å². The quantitative estimate of drug-likeness (QED) is 0.787. The van der Waals surface area contributed by atoms with Crippen LogP contribution in [-0.4, -0.2) is 39.7 Å². The van der Waals surface area contributed by atoms with Crippen molar-refractivity contribution in [2.24, 2.45) is 5.92 Å². The number of sulfone groups is 1. The van der Waals surface area contributed by atoms with Crippen LogP contribution in [0.3, 0.4) is 0 Å². The third-order valence-corrected chi connectivity index (χ3v) is 5.47. The van der Waals surface area contributed by atoms with Gasteiger partial charge in [0, 0.05) is 13.0 Å². The fraction of sp³-hybridized carbons (Fsp3) is 0.533. The average molecular weight is 310 g/mol. The predicted molar refractivity (Wildman–Crippen MR) is 81.7 cm³/mol. The van der Waals surface area contributed by atoms with E-state index in [-0.39, 0.29) is 18.2 Å². The highest BCUT2D eigenvalue weighted by molar-refractivity contribution is 7.91. The number of nitrogens with one attached hydrogen (secondary N) is 2. The second kappa shape index (κ2) is 7.56. The maximum Gasteiger partial charge on any atom is 0.220 e. The Balaban J connectivity index is 1.69. The highest BCUT2D eigenvalue weighted by atomic mass is 32.2. The van der Waals surface area contributed by atoms with Crippen molar-refractivity contribution < 1.29 is 13.2 Å². The molecule has 1 unspecified atom stereocenters. The number of rotatable bonds is 7. The molecule has 2 N–H and O–H groups in total. The van der Waals surface area contributed by atoms with E-state index < -0.39 is 9.84 Å². The maximum absolute atomic E-state index is 12.0. The van der Waals surface area contributed by atoms with Crippen molar-refractivity contribution in [3.8, 4) is 0 Å². The molecule has 0 saturated carbocycles. The molecule has 0 radical (unpaired) electrons. The van der Waals surface area contributed by atoms with Crippen LogP contribution in [0.25, 0.3) is 0 Å². The van der Waals surface area contributed by atoms with Gasteiger partial charge in [0.1, 0.15) is 0 Å². The molecule has 0 bridgehead atoms. The van der Waals surface area contributed by atoms with Crippen molar-refractivity contribution >= 4 is 15.7 Å². The van der Waals surface area contributed by atoms with Gasteiger partial charge in [0.15, 0.2) is 9.84 Å². The predicted octanol–water partition coefficient (Wildman–Crippen LogP) is 0.966. The SMILES string of the molecule is O=C(CCC1CCNC1)NCCS(=O)(=O)c1ccccc1. The Kier molecular flexibility index (Phi) is 5.76. The van der Waals surface area contributed by atoms with Crippen molar-refractivity contribution in [3.05, 3.63) is 30.3 Å². The van der Waals surface area contributed by atoms with E-state index in [0.717, 1.165) is 25.9 Å². The summed E-state index contributed by atoms with van der Waals surface area (Å²) in [6.07, 6.45) is 2.46. The first kappa shape index (κ1) is 16.0. The summed E-state index contributed by atoms with van der Waals surface area (Å²) >= 11 is 0. The maximum atomic E-state index is 12.0. The highest BCUT2D eigenvalue weighted by Gasteiger charge is 2.17. The third kappa shape index (κ3) is 5.13. The first-order chi connectivity index (χ1) is 10.1. The minimum absolute atomic E-state index is 0.0618. The van der Waals surface area contributed by atoms with E-state index in [2.05, 4.69) is 10.6 Å². The Hall–Kier alpha value is -1.40. The lowest BCUT2D eigenvalue weighted by Gasteiger charge is -2.09. The van der Waals surface area contributed by atoms with Crippen LogP contribution in [0, 0.1) is 5.92 Å². The van der Waals surface area contributed by atoms with E-state index in [9.17, 15) is 13.2 Å². The molecular formula is C15H22N2O3S. The zero-order valence-corrected chi connectivity index (χ0v) is 12.9. The fourth-order valence-electron chi connectivity index (χ4n) is 2.45. The molecule has 21 heavy (non-hydrogen) atoms. The molecule has 1 aromatic rings. The summed E-state index contributed by atoms with van der Waals surface area (Å²) in [5.41, 5.74) is 0. The summed E-state index contributed by atoms with van der Waals surface area (Å²) in [5.74, 6) is 0.447. The Morgan fingerprint density at radius 3 is 2.71 bits per heavy atom. The Morgan fingerprint density at radius 2 is 2.05 bits per heavy atom. The number of benzene rings is 1. The molecule has 0 spiro atoms. The van der Waals surface area contributed by atoms with Gasteiger partial charge in [-0.15, -0.1) is 0 Å². The molecule has 6 heteroatoms. The third-order valence-electron chi connectivity index (χ3n) is 3.74. The van der Waals surface area contributed by atoms with Crippen molar-refractivity contribution in [3.63, 3.8) is 0 Å². The van der Waals surface area contributed by atoms with E-state index in [1.54, 1.807) is 30.3 Å². The first-order valence-corrected chi connectivity index (χ1v) is 8.98. The smallest absolute Gasteiger partial charge is 0.220 e. The molecule has 1 aliphatic rings. The Bertz CT molecular complexity index is 552. The van der Waals surface area contributed by atoms with E-state index >= 15 is 0 Å². The topological polar surface area (TPSA) is 75.3 Å². The van der Waals surface area contributed by atoms with Gasteiger partial charge in [0.25, 0.3) is 0 Å². The molecule has 1 atom stereocenters. The number of hydrogen-bond donors (Lipinski definition) is 2. The largest absolute Gasteiger partial charge is 0.355 e. The molecule has 0 aromatic heterocycles. The highest BCUT2D eigenvalue weighted by Crippen LogP contribution is 2.14. The van der Waals surface area contributed by atoms with Gasteiger partial charge in [0.2, 0.25) is 5.91 Å². The molecule has 1 aromatic carbocycles. The van der Waals surface area contributed by atoms with Crippen LogP contribution in [0.5, 0.6) is 0 Å². The summed E-state index contributed by atoms with van der Waals surface area (Å²) in [6, 6.07) is 8.31. The van der Waals surface area contributed by atoms with Crippen LogP contribution in [0.1, 0.15) is 19.3 Å². The molecular weight excluding hydrogens is 288 g/mol. The second-order valence-corrected chi connectivity index (χ2v) is 7.49. The molecule has 2 rings (SSSR count). The molecule has 5 nitrogen and oxygen atoms in total. The molecule has 116 valence electrons. The lowest BCUT2D eigenvalue weighted by atomic mass is 10.0. The van der Waals surface area contributed by atoms with Crippen molar-refractivity contribution in [1.82, 2.24) is 10.6 Å². The van der Waals surface area contributed by atoms with Gasteiger partial charge in [-0.2, -0.15) is 0 Å². The molecule has 0 aliphatic carbocycles. The number of carbonyl (C=O) groups excluding carboxylic acids is 1. The molecule has 1 amide bonds. The normalized spacial score (nSPS) is 18.6. The molecule has 1 aliphatic heterocycles. The monoisotopic (exact) mass is 310 g/mol. The summed E-state index contributed by atoms with van der Waals surface area (Å²) in [7, 11) is -3.31. The summed E-state index contributed by atoms with van der Waals surface area (Å²) in [6.45, 7) is 2.18. The van der Waals surface area contributed by atoms with Gasteiger partial charge in [-0.3, -0.25) is 4.79 Å². The van der Waals surface area contributed by atoms with Crippen LogP contribution in [0.4, 0.5) is 0 Å². The molecule has 1 fully saturated rings. The minimum Gasteiger partial charge on any atom is -0.355 e. The average Bonchev–Trinajstić information content (AvgIpc) is 2.99. The number of hydrogen-bond acceptors (Lipinski definition) is 4. The van der Waals surface area contributed by atoms with Gasteiger partial charge in [-0.1, -0.05) is 18.2 Å². The van der Waals surface area contributed by atoms with Gasteiger partial charge in [0.05, 0.1) is 10.6 Å². The van der Waals surface area contributed by atoms with Crippen LogP contribution >= 0.6 is 0 Å². The summed E-state index contributed by atoms with van der Waals surface area (Å²) in [5, 5.41) is 5.96. The van der Waals surface area contributed by atoms with Crippen LogP contribution in [-0.2, 0) is 14.6 Å². The van der Waals surface area contributed by atoms with Crippen LogP contribution in [0.2, 0.25) is 0 Å². The molecule has 1 saturated heterocycles. The fourth-order valence-corrected chi connectivity index (χ4v) is 3.63. The first-order valence-electron chi connectivity index (χ1n) is 7.33. The van der Waals surface area contributed by atoms with Crippen LogP contribution < -0.4 is 10.6 Å². The van der Waals surface area contributed by atoms with E-state index in [4.69, 9.17) is 0 Å². The molecule has 1 heterocycles. The van der Waals surface area contributed by atoms with Gasteiger partial charge >= 0.3 is 0 Å². The Morgan fingerprint density at radius 1 is 1.29 bits per heavy atom. The minimum atomic E-state index is -3.31. The summed E-state index contributed by atoms with van der Waals surface area (Å²) < 4.78 is 24.0. The summed E-state index contributed by atoms with van der Waals surface area (Å²) in [4.78, 5) is 12.0. The van der Waals surface area contributed by atoms with Crippen LogP contribution in [0.15, 0.2) is 35.2 Å². The lowest BCUT2D eigenvalue weighted by molar-refractivity contribution is -0.121. The Labute approximate surface area is 126 Å². The van der Waals surface area contributed by atoms with Gasteiger partial charge in [-0.05, 0) is 44.0 Å². The standard InChI is InChI=1S/C15H22N2O3S/c18-15(7-6-13-8-9-16-12-13)17-10-11-21(19,20)14-4-2-1-3-5-14/h1-5,13,16H,6-12H2,(H,17,18). The zero-order chi connectivity index (χ0) is 15.1. The van der Waals surface area contributed by atoms with Gasteiger partial charge < -0.3 is 10.6 Å². The number of amides is 1. The van der Waals surface area contributed by atoms with Gasteiger partial charge in [-0.25, -0.2) is 8.42 Å². The lowest BCUT2D eigenvalue weighted by Crippen LogP contribution is -2.29.